The Morgan fingerprint density at radius 2 is 1.84 bits per heavy atom. The molecule has 178 valence electrons. The van der Waals surface area contributed by atoms with Gasteiger partial charge >= 0.3 is 18.2 Å². The third-order valence-electron chi connectivity index (χ3n) is 5.41. The lowest BCUT2D eigenvalue weighted by Gasteiger charge is -2.29. The first-order valence-corrected chi connectivity index (χ1v) is 11.1. The Bertz CT molecular complexity index is 762. The van der Waals surface area contributed by atoms with E-state index in [-0.39, 0.29) is 31.2 Å². The number of rotatable bonds is 8. The second-order valence-electron chi connectivity index (χ2n) is 9.23. The lowest BCUT2D eigenvalue weighted by atomic mass is 10.0. The van der Waals surface area contributed by atoms with Crippen molar-refractivity contribution in [1.29, 1.82) is 0 Å². The summed E-state index contributed by atoms with van der Waals surface area (Å²) in [6.07, 6.45) is 1.98. The molecule has 3 atom stereocenters. The van der Waals surface area contributed by atoms with Crippen LogP contribution in [0, 0.1) is 0 Å². The maximum Gasteiger partial charge on any atom is 0.410 e. The van der Waals surface area contributed by atoms with Gasteiger partial charge in [-0.3, -0.25) is 4.79 Å². The van der Waals surface area contributed by atoms with Crippen LogP contribution >= 0.6 is 0 Å². The molecule has 1 aliphatic rings. The number of nitrogens with one attached hydrogen (secondary N) is 1. The highest BCUT2D eigenvalue weighted by molar-refractivity contribution is 5.73. The van der Waals surface area contributed by atoms with Crippen molar-refractivity contribution in [3.8, 4) is 0 Å². The molecule has 8 heteroatoms. The highest BCUT2D eigenvalue weighted by Gasteiger charge is 2.36. The largest absolute Gasteiger partial charge is 0.469 e. The second kappa shape index (κ2) is 11.7. The molecule has 32 heavy (non-hydrogen) atoms. The van der Waals surface area contributed by atoms with Crippen molar-refractivity contribution in [2.45, 2.75) is 90.1 Å². The molecule has 2 rings (SSSR count). The zero-order valence-electron chi connectivity index (χ0n) is 19.8. The Morgan fingerprint density at radius 3 is 2.47 bits per heavy atom. The van der Waals surface area contributed by atoms with Gasteiger partial charge in [0.2, 0.25) is 0 Å². The highest BCUT2D eigenvalue weighted by Crippen LogP contribution is 2.29. The van der Waals surface area contributed by atoms with Gasteiger partial charge in [0.1, 0.15) is 12.2 Å². The minimum atomic E-state index is -0.639. The number of ether oxygens (including phenoxy) is 3. The predicted molar refractivity (Wildman–Crippen MR) is 120 cm³/mol. The minimum Gasteiger partial charge on any atom is -0.469 e. The van der Waals surface area contributed by atoms with Crippen molar-refractivity contribution in [3.05, 3.63) is 35.9 Å². The molecule has 1 N–H and O–H groups in total. The molecule has 0 saturated carbocycles. The Balaban J connectivity index is 1.95. The fourth-order valence-electron chi connectivity index (χ4n) is 3.86. The van der Waals surface area contributed by atoms with Gasteiger partial charge in [0, 0.05) is 18.1 Å². The second-order valence-corrected chi connectivity index (χ2v) is 9.23. The van der Waals surface area contributed by atoms with Gasteiger partial charge in [-0.05, 0) is 58.9 Å². The maximum atomic E-state index is 12.8. The van der Waals surface area contributed by atoms with Gasteiger partial charge in [-0.1, -0.05) is 30.3 Å². The molecule has 0 bridgehead atoms. The average Bonchev–Trinajstić information content (AvgIpc) is 3.10. The zero-order chi connectivity index (χ0) is 23.7. The number of likely N-dealkylation sites (tertiary alicyclic amines) is 1. The number of esters is 1. The standard InChI is InChI=1S/C24H36N2O6/c1-17-11-13-20(26(17)23(29)31-16-18-9-7-6-8-10-18)14-12-19(15-21(27)30-5)25-22(28)32-24(2,3)4/h6-10,17,19-20H,11-16H2,1-5H3,(H,25,28)/t17?,19-,20?/m0/s1. The van der Waals surface area contributed by atoms with E-state index in [1.54, 1.807) is 25.7 Å². The number of carbonyl (C=O) groups is 3. The first kappa shape index (κ1) is 25.5. The SMILES string of the molecule is COC(=O)C[C@H](CCC1CCC(C)N1C(=O)OCc1ccccc1)NC(=O)OC(C)(C)C. The summed E-state index contributed by atoms with van der Waals surface area (Å²) in [5.74, 6) is -0.412. The molecule has 2 amide bonds. The summed E-state index contributed by atoms with van der Waals surface area (Å²) in [4.78, 5) is 38.6. The summed E-state index contributed by atoms with van der Waals surface area (Å²) in [6.45, 7) is 7.57. The third-order valence-corrected chi connectivity index (χ3v) is 5.41. The molecule has 8 nitrogen and oxygen atoms in total. The molecule has 0 spiro atoms. The first-order chi connectivity index (χ1) is 15.1. The number of carbonyl (C=O) groups excluding carboxylic acids is 3. The molecule has 1 heterocycles. The summed E-state index contributed by atoms with van der Waals surface area (Å²) in [7, 11) is 1.32. The van der Waals surface area contributed by atoms with E-state index in [1.165, 1.54) is 7.11 Å². The topological polar surface area (TPSA) is 94.2 Å². The summed E-state index contributed by atoms with van der Waals surface area (Å²) in [6, 6.07) is 9.16. The van der Waals surface area contributed by atoms with Crippen LogP contribution in [0.4, 0.5) is 9.59 Å². The van der Waals surface area contributed by atoms with E-state index in [4.69, 9.17) is 14.2 Å². The summed E-state index contributed by atoms with van der Waals surface area (Å²) in [5, 5.41) is 2.77. The van der Waals surface area contributed by atoms with Crippen LogP contribution < -0.4 is 5.32 Å². The number of amides is 2. The normalized spacial score (nSPS) is 19.2. The van der Waals surface area contributed by atoms with Crippen LogP contribution in [0.15, 0.2) is 30.3 Å². The maximum absolute atomic E-state index is 12.8. The van der Waals surface area contributed by atoms with E-state index in [0.717, 1.165) is 18.4 Å². The molecule has 0 aliphatic carbocycles. The Hall–Kier alpha value is -2.77. The summed E-state index contributed by atoms with van der Waals surface area (Å²) < 4.78 is 15.6. The van der Waals surface area contributed by atoms with E-state index in [2.05, 4.69) is 5.32 Å². The zero-order valence-corrected chi connectivity index (χ0v) is 19.8. The van der Waals surface area contributed by atoms with Gasteiger partial charge in [0.25, 0.3) is 0 Å². The molecule has 0 aromatic heterocycles. The van der Waals surface area contributed by atoms with E-state index in [1.807, 2.05) is 37.3 Å². The van der Waals surface area contributed by atoms with Gasteiger partial charge in [-0.15, -0.1) is 0 Å². The van der Waals surface area contributed by atoms with Crippen LogP contribution in [-0.4, -0.2) is 53.9 Å². The number of hydrogen-bond acceptors (Lipinski definition) is 6. The number of alkyl carbamates (subject to hydrolysis) is 1. The first-order valence-electron chi connectivity index (χ1n) is 11.1. The van der Waals surface area contributed by atoms with Crippen molar-refractivity contribution < 1.29 is 28.6 Å². The monoisotopic (exact) mass is 448 g/mol. The molecule has 1 aromatic carbocycles. The van der Waals surface area contributed by atoms with E-state index >= 15 is 0 Å². The number of benzene rings is 1. The molecule has 1 aliphatic heterocycles. The summed E-state index contributed by atoms with van der Waals surface area (Å²) >= 11 is 0. The molecular formula is C24H36N2O6. The fourth-order valence-corrected chi connectivity index (χ4v) is 3.86. The molecule has 1 saturated heterocycles. The Labute approximate surface area is 190 Å². The summed E-state index contributed by atoms with van der Waals surface area (Å²) in [5.41, 5.74) is 0.295. The van der Waals surface area contributed by atoms with Crippen LogP contribution in [0.5, 0.6) is 0 Å². The van der Waals surface area contributed by atoms with Crippen molar-refractivity contribution in [1.82, 2.24) is 10.2 Å². The van der Waals surface area contributed by atoms with Gasteiger partial charge in [0.15, 0.2) is 0 Å². The van der Waals surface area contributed by atoms with E-state index in [9.17, 15) is 14.4 Å². The van der Waals surface area contributed by atoms with Crippen LogP contribution in [0.1, 0.15) is 65.4 Å². The fraction of sp³-hybridized carbons (Fsp3) is 0.625. The van der Waals surface area contributed by atoms with Crippen LogP contribution in [0.25, 0.3) is 0 Å². The molecule has 1 fully saturated rings. The van der Waals surface area contributed by atoms with Crippen molar-refractivity contribution in [2.75, 3.05) is 7.11 Å². The van der Waals surface area contributed by atoms with Crippen molar-refractivity contribution >= 4 is 18.2 Å². The van der Waals surface area contributed by atoms with Crippen LogP contribution in [-0.2, 0) is 25.6 Å². The van der Waals surface area contributed by atoms with Crippen molar-refractivity contribution in [2.24, 2.45) is 0 Å². The Morgan fingerprint density at radius 1 is 1.16 bits per heavy atom. The lowest BCUT2D eigenvalue weighted by Crippen LogP contribution is -2.43. The van der Waals surface area contributed by atoms with Gasteiger partial charge < -0.3 is 24.4 Å². The number of methoxy groups -OCH3 is 1. The Kier molecular flexibility index (Phi) is 9.35. The van der Waals surface area contributed by atoms with Gasteiger partial charge in [-0.2, -0.15) is 0 Å². The van der Waals surface area contributed by atoms with E-state index in [0.29, 0.717) is 12.8 Å². The van der Waals surface area contributed by atoms with Gasteiger partial charge in [-0.25, -0.2) is 9.59 Å². The van der Waals surface area contributed by atoms with Crippen LogP contribution in [0.2, 0.25) is 0 Å². The molecule has 2 unspecified atom stereocenters. The quantitative estimate of drug-likeness (QED) is 0.468. The lowest BCUT2D eigenvalue weighted by molar-refractivity contribution is -0.141. The third kappa shape index (κ3) is 8.40. The van der Waals surface area contributed by atoms with Gasteiger partial charge in [0.05, 0.1) is 13.5 Å². The average molecular weight is 449 g/mol. The van der Waals surface area contributed by atoms with Crippen molar-refractivity contribution in [3.63, 3.8) is 0 Å². The minimum absolute atomic E-state index is 0.0196. The molecule has 1 aromatic rings. The smallest absolute Gasteiger partial charge is 0.410 e. The molecular weight excluding hydrogens is 412 g/mol. The number of hydrogen-bond donors (Lipinski definition) is 1. The highest BCUT2D eigenvalue weighted by atomic mass is 16.6. The van der Waals surface area contributed by atoms with E-state index < -0.39 is 23.7 Å². The predicted octanol–water partition coefficient (Wildman–Crippen LogP) is 4.41. The molecule has 0 radical (unpaired) electrons. The number of nitrogens with zero attached hydrogens (tertiary/aromatic N) is 1. The van der Waals surface area contributed by atoms with Crippen LogP contribution in [0.3, 0.4) is 0 Å².